The SMILES string of the molecule is N=C(N=N/C(=C/c1c(O)[nH]c2c([N+](=O)[O-])cccc12)c1ccccc1)SB(SC(=N)N=N/C(=C/c1c(O)[nH]c2c([N+](=O)[O-])cccc12)c1ccccc1)c1ccccc1. The molecule has 0 spiro atoms. The molecule has 5 aromatic carbocycles. The van der Waals surface area contributed by atoms with Crippen molar-refractivity contribution >= 4 is 101 Å². The molecule has 0 fully saturated rings. The molecule has 2 aromatic heterocycles. The summed E-state index contributed by atoms with van der Waals surface area (Å²) >= 11 is 2.00. The van der Waals surface area contributed by atoms with Gasteiger partial charge in [0.25, 0.3) is 11.4 Å². The fourth-order valence-corrected chi connectivity index (χ4v) is 7.97. The van der Waals surface area contributed by atoms with Gasteiger partial charge < -0.3 is 20.2 Å². The minimum atomic E-state index is -0.612. The van der Waals surface area contributed by atoms with Gasteiger partial charge in [0, 0.05) is 45.2 Å². The summed E-state index contributed by atoms with van der Waals surface area (Å²) in [7, 11) is 0. The maximum atomic E-state index is 11.6. The maximum Gasteiger partial charge on any atom is 0.325 e. The van der Waals surface area contributed by atoms with Crippen LogP contribution in [-0.2, 0) is 0 Å². The van der Waals surface area contributed by atoms with Crippen LogP contribution in [0, 0.1) is 31.0 Å². The number of rotatable bonds is 11. The largest absolute Gasteiger partial charge is 0.494 e. The lowest BCUT2D eigenvalue weighted by Gasteiger charge is -2.11. The zero-order valence-electron chi connectivity index (χ0n) is 30.4. The molecule has 2 heterocycles. The molecule has 6 N–H and O–H groups in total. The van der Waals surface area contributed by atoms with Gasteiger partial charge in [-0.15, -0.1) is 43.7 Å². The summed E-state index contributed by atoms with van der Waals surface area (Å²) in [6.07, 6.45) is 3.06. The summed E-state index contributed by atoms with van der Waals surface area (Å²) in [5.41, 5.74) is 2.86. The van der Waals surface area contributed by atoms with Crippen LogP contribution in [-0.4, -0.2) is 45.6 Å². The number of nitrogens with one attached hydrogen (secondary N) is 4. The average Bonchev–Trinajstić information content (AvgIpc) is 3.74. The number of hydrogen-bond acceptors (Lipinski definition) is 12. The highest BCUT2D eigenvalue weighted by Gasteiger charge is 2.25. The van der Waals surface area contributed by atoms with E-state index in [-0.39, 0.29) is 67.0 Å². The fourth-order valence-electron chi connectivity index (χ4n) is 6.06. The highest BCUT2D eigenvalue weighted by Crippen LogP contribution is 2.37. The Morgan fingerprint density at radius 3 is 1.36 bits per heavy atom. The van der Waals surface area contributed by atoms with E-state index in [9.17, 15) is 30.4 Å². The van der Waals surface area contributed by atoms with Gasteiger partial charge in [0.05, 0.1) is 21.2 Å². The van der Waals surface area contributed by atoms with E-state index in [0.29, 0.717) is 21.9 Å². The van der Waals surface area contributed by atoms with Crippen molar-refractivity contribution in [2.45, 2.75) is 0 Å². The molecule has 0 aliphatic heterocycles. The predicted molar refractivity (Wildman–Crippen MR) is 234 cm³/mol. The molecule has 16 nitrogen and oxygen atoms in total. The normalized spacial score (nSPS) is 12.1. The molecule has 0 aliphatic carbocycles. The molecule has 0 unspecified atom stereocenters. The van der Waals surface area contributed by atoms with Crippen molar-refractivity contribution in [1.29, 1.82) is 10.8 Å². The van der Waals surface area contributed by atoms with Gasteiger partial charge in [0.1, 0.15) is 11.0 Å². The van der Waals surface area contributed by atoms with Gasteiger partial charge in [0.15, 0.2) is 22.1 Å². The first-order valence-electron chi connectivity index (χ1n) is 17.5. The number of aromatic nitrogens is 2. The number of H-pyrrole nitrogens is 2. The smallest absolute Gasteiger partial charge is 0.325 e. The molecule has 0 radical (unpaired) electrons. The van der Waals surface area contributed by atoms with E-state index in [2.05, 4.69) is 30.4 Å². The molecule has 0 atom stereocenters. The first-order valence-corrected chi connectivity index (χ1v) is 19.2. The molecule has 0 amide bonds. The molecule has 0 saturated carbocycles. The lowest BCUT2D eigenvalue weighted by atomic mass is 9.93. The number of fused-ring (bicyclic) bond motifs is 2. The van der Waals surface area contributed by atoms with Crippen LogP contribution in [0.25, 0.3) is 45.4 Å². The van der Waals surface area contributed by atoms with Crippen molar-refractivity contribution in [3.63, 3.8) is 0 Å². The van der Waals surface area contributed by atoms with Gasteiger partial charge >= 0.3 is 5.27 Å². The number of aromatic hydroxyl groups is 2. The summed E-state index contributed by atoms with van der Waals surface area (Å²) in [6, 6.07) is 36.0. The van der Waals surface area contributed by atoms with Crippen molar-refractivity contribution in [2.24, 2.45) is 20.5 Å². The molecule has 0 bridgehead atoms. The predicted octanol–water partition coefficient (Wildman–Crippen LogP) is 10.2. The lowest BCUT2D eigenvalue weighted by molar-refractivity contribution is -0.383. The summed E-state index contributed by atoms with van der Waals surface area (Å²) < 4.78 is 0. The third-order valence-corrected chi connectivity index (χ3v) is 10.9. The number of azo groups is 2. The Bertz CT molecular complexity index is 2690. The number of non-ortho nitro benzene ring substituents is 2. The number of aromatic amines is 2. The second-order valence-corrected chi connectivity index (χ2v) is 15.0. The Balaban J connectivity index is 1.17. The number of benzene rings is 5. The summed E-state index contributed by atoms with van der Waals surface area (Å²) in [5.74, 6) is -0.605. The van der Waals surface area contributed by atoms with E-state index in [4.69, 9.17) is 10.8 Å². The number of para-hydroxylation sites is 2. The quantitative estimate of drug-likeness (QED) is 0.0182. The monoisotopic (exact) mass is 820 g/mol. The fraction of sp³-hybridized carbons (Fsp3) is 0. The molecule has 19 heteroatoms. The Morgan fingerprint density at radius 2 is 0.966 bits per heavy atom. The lowest BCUT2D eigenvalue weighted by Crippen LogP contribution is -2.26. The van der Waals surface area contributed by atoms with Gasteiger partial charge in [-0.05, 0) is 12.2 Å². The summed E-state index contributed by atoms with van der Waals surface area (Å²) in [6.45, 7) is 0. The summed E-state index contributed by atoms with van der Waals surface area (Å²) in [4.78, 5) is 27.6. The minimum absolute atomic E-state index is 0.144. The highest BCUT2D eigenvalue weighted by molar-refractivity contribution is 8.64. The van der Waals surface area contributed by atoms with Crippen molar-refractivity contribution < 1.29 is 20.1 Å². The van der Waals surface area contributed by atoms with Gasteiger partial charge in [-0.3, -0.25) is 31.0 Å². The van der Waals surface area contributed by atoms with Crippen LogP contribution >= 0.6 is 23.2 Å². The van der Waals surface area contributed by atoms with E-state index >= 15 is 0 Å². The molecule has 0 aliphatic rings. The second kappa shape index (κ2) is 17.7. The van der Waals surface area contributed by atoms with Crippen LogP contribution in [0.4, 0.5) is 11.4 Å². The third-order valence-electron chi connectivity index (χ3n) is 8.76. The van der Waals surface area contributed by atoms with Crippen molar-refractivity contribution in [2.75, 3.05) is 0 Å². The molecule has 7 aromatic rings. The molecule has 290 valence electrons. The van der Waals surface area contributed by atoms with E-state index in [1.807, 2.05) is 42.5 Å². The Morgan fingerprint density at radius 1 is 0.576 bits per heavy atom. The third kappa shape index (κ3) is 9.01. The number of nitrogens with zero attached hydrogens (tertiary/aromatic N) is 6. The number of nitro groups is 2. The first-order chi connectivity index (χ1) is 28.6. The van der Waals surface area contributed by atoms with Crippen LogP contribution < -0.4 is 5.46 Å². The van der Waals surface area contributed by atoms with Gasteiger partial charge in [-0.1, -0.05) is 121 Å². The van der Waals surface area contributed by atoms with Gasteiger partial charge in [-0.25, -0.2) is 0 Å². The van der Waals surface area contributed by atoms with E-state index in [1.54, 1.807) is 60.7 Å². The Hall–Kier alpha value is -7.64. The average molecular weight is 821 g/mol. The maximum absolute atomic E-state index is 11.6. The van der Waals surface area contributed by atoms with E-state index in [1.165, 1.54) is 36.4 Å². The molecular weight excluding hydrogens is 791 g/mol. The zero-order chi connectivity index (χ0) is 41.5. The zero-order valence-corrected chi connectivity index (χ0v) is 32.0. The number of hydrogen-bond donors (Lipinski definition) is 6. The van der Waals surface area contributed by atoms with Gasteiger partial charge in [-0.2, -0.15) is 0 Å². The van der Waals surface area contributed by atoms with Crippen LogP contribution in [0.1, 0.15) is 22.3 Å². The van der Waals surface area contributed by atoms with Crippen LogP contribution in [0.3, 0.4) is 0 Å². The molecule has 7 rings (SSSR count). The summed E-state index contributed by atoms with van der Waals surface area (Å²) in [5, 5.41) is 79.5. The second-order valence-electron chi connectivity index (χ2n) is 12.5. The van der Waals surface area contributed by atoms with Crippen LogP contribution in [0.5, 0.6) is 11.8 Å². The molecular formula is C40H29BN10O6S2. The minimum Gasteiger partial charge on any atom is -0.494 e. The van der Waals surface area contributed by atoms with E-state index < -0.39 is 15.1 Å². The standard InChI is InChI=1S/C40H29BN10O6S2/c42-39(48-46-31(24-12-4-1-5-13-24)22-29-27-18-10-20-33(50(54)55)35(27)44-37(29)52)58-41(26-16-8-3-9-17-26)59-40(43)49-47-32(25-14-6-2-7-15-25)23-30-28-19-11-21-34(51(56)57)36(28)45-38(30)53/h1-23,42-45,52-53H/b31-22+,32-23+,42-39?,43-40?,48-46?,49-47?. The van der Waals surface area contributed by atoms with Crippen molar-refractivity contribution in [1.82, 2.24) is 9.97 Å². The Kier molecular flexibility index (Phi) is 11.9. The van der Waals surface area contributed by atoms with E-state index in [0.717, 1.165) is 28.7 Å². The van der Waals surface area contributed by atoms with Crippen molar-refractivity contribution in [3.05, 3.63) is 170 Å². The topological polar surface area (TPSA) is 255 Å². The van der Waals surface area contributed by atoms with Crippen molar-refractivity contribution in [3.8, 4) is 11.8 Å². The van der Waals surface area contributed by atoms with Crippen LogP contribution in [0.15, 0.2) is 148 Å². The first kappa shape index (κ1) is 39.6. The number of nitro benzene ring substituents is 2. The van der Waals surface area contributed by atoms with Gasteiger partial charge in [0.2, 0.25) is 0 Å². The highest BCUT2D eigenvalue weighted by atomic mass is 32.2. The molecule has 0 saturated heterocycles. The van der Waals surface area contributed by atoms with Crippen LogP contribution in [0.2, 0.25) is 0 Å². The molecule has 59 heavy (non-hydrogen) atoms. The number of amidine groups is 2. The Labute approximate surface area is 342 Å².